The van der Waals surface area contributed by atoms with Crippen molar-refractivity contribution < 1.29 is 0 Å². The van der Waals surface area contributed by atoms with Gasteiger partial charge in [0.1, 0.15) is 0 Å². The molecule has 1 aromatic heterocycles. The van der Waals surface area contributed by atoms with Gasteiger partial charge in [0.25, 0.3) is 0 Å². The first-order valence-electron chi connectivity index (χ1n) is 5.17. The van der Waals surface area contributed by atoms with Crippen LogP contribution in [0, 0.1) is 5.92 Å². The van der Waals surface area contributed by atoms with Crippen LogP contribution in [0.2, 0.25) is 0 Å². The van der Waals surface area contributed by atoms with Crippen LogP contribution in [0.1, 0.15) is 12.8 Å². The number of hydrogen-bond donors (Lipinski definition) is 2. The van der Waals surface area contributed by atoms with E-state index in [-0.39, 0.29) is 0 Å². The Bertz CT molecular complexity index is 256. The monoisotopic (exact) mass is 192 g/mol. The third-order valence-corrected chi connectivity index (χ3v) is 2.51. The SMILES string of the molecule is c1cnc(NCC2CCCNC2)nc1. The molecule has 0 radical (unpaired) electrons. The Kier molecular flexibility index (Phi) is 3.29. The van der Waals surface area contributed by atoms with Crippen molar-refractivity contribution in [1.82, 2.24) is 15.3 Å². The van der Waals surface area contributed by atoms with Crippen LogP contribution in [-0.2, 0) is 0 Å². The molecule has 1 unspecified atom stereocenters. The Morgan fingerprint density at radius 2 is 2.29 bits per heavy atom. The average molecular weight is 192 g/mol. The fraction of sp³-hybridized carbons (Fsp3) is 0.600. The lowest BCUT2D eigenvalue weighted by Gasteiger charge is -2.22. The lowest BCUT2D eigenvalue weighted by molar-refractivity contribution is 0.392. The van der Waals surface area contributed by atoms with Crippen molar-refractivity contribution in [2.45, 2.75) is 12.8 Å². The molecule has 76 valence electrons. The maximum atomic E-state index is 4.12. The quantitative estimate of drug-likeness (QED) is 0.746. The number of nitrogens with zero attached hydrogens (tertiary/aromatic N) is 2. The second-order valence-corrected chi connectivity index (χ2v) is 3.67. The summed E-state index contributed by atoms with van der Waals surface area (Å²) in [6, 6.07) is 1.83. The number of anilines is 1. The highest BCUT2D eigenvalue weighted by Crippen LogP contribution is 2.09. The Hall–Kier alpha value is -1.16. The van der Waals surface area contributed by atoms with E-state index < -0.39 is 0 Å². The number of nitrogens with one attached hydrogen (secondary N) is 2. The van der Waals surface area contributed by atoms with Crippen LogP contribution >= 0.6 is 0 Å². The van der Waals surface area contributed by atoms with Crippen molar-refractivity contribution in [1.29, 1.82) is 0 Å². The molecule has 0 aliphatic carbocycles. The van der Waals surface area contributed by atoms with E-state index in [1.54, 1.807) is 12.4 Å². The molecule has 0 spiro atoms. The zero-order valence-electron chi connectivity index (χ0n) is 8.24. The highest BCUT2D eigenvalue weighted by molar-refractivity contribution is 5.21. The van der Waals surface area contributed by atoms with Gasteiger partial charge >= 0.3 is 0 Å². The van der Waals surface area contributed by atoms with Crippen molar-refractivity contribution in [3.05, 3.63) is 18.5 Å². The van der Waals surface area contributed by atoms with Gasteiger partial charge in [0.2, 0.25) is 5.95 Å². The van der Waals surface area contributed by atoms with Gasteiger partial charge in [0, 0.05) is 18.9 Å². The van der Waals surface area contributed by atoms with E-state index >= 15 is 0 Å². The third kappa shape index (κ3) is 2.67. The van der Waals surface area contributed by atoms with Crippen LogP contribution in [0.25, 0.3) is 0 Å². The molecule has 1 aromatic rings. The zero-order valence-corrected chi connectivity index (χ0v) is 8.24. The van der Waals surface area contributed by atoms with Crippen LogP contribution in [0.15, 0.2) is 18.5 Å². The normalized spacial score (nSPS) is 21.9. The molecule has 14 heavy (non-hydrogen) atoms. The Balaban J connectivity index is 1.76. The van der Waals surface area contributed by atoms with Crippen LogP contribution < -0.4 is 10.6 Å². The van der Waals surface area contributed by atoms with E-state index in [4.69, 9.17) is 0 Å². The second kappa shape index (κ2) is 4.91. The summed E-state index contributed by atoms with van der Waals surface area (Å²) in [5.41, 5.74) is 0. The van der Waals surface area contributed by atoms with Crippen LogP contribution in [0.5, 0.6) is 0 Å². The molecule has 4 nitrogen and oxygen atoms in total. The number of hydrogen-bond acceptors (Lipinski definition) is 4. The molecule has 1 aliphatic rings. The van der Waals surface area contributed by atoms with Gasteiger partial charge in [-0.05, 0) is 37.9 Å². The molecule has 1 atom stereocenters. The first-order valence-corrected chi connectivity index (χ1v) is 5.17. The first-order chi connectivity index (χ1) is 6.95. The second-order valence-electron chi connectivity index (χ2n) is 3.67. The minimum atomic E-state index is 0.715. The van der Waals surface area contributed by atoms with Gasteiger partial charge in [-0.2, -0.15) is 0 Å². The maximum Gasteiger partial charge on any atom is 0.222 e. The number of aromatic nitrogens is 2. The Morgan fingerprint density at radius 3 is 3.00 bits per heavy atom. The first kappa shape index (κ1) is 9.40. The maximum absolute atomic E-state index is 4.12. The Morgan fingerprint density at radius 1 is 1.43 bits per heavy atom. The minimum absolute atomic E-state index is 0.715. The predicted molar refractivity (Wildman–Crippen MR) is 56.1 cm³/mol. The Labute approximate surface area is 84.2 Å². The van der Waals surface area contributed by atoms with E-state index in [9.17, 15) is 0 Å². The summed E-state index contributed by atoms with van der Waals surface area (Å²) in [6.07, 6.45) is 6.09. The fourth-order valence-corrected chi connectivity index (χ4v) is 1.72. The lowest BCUT2D eigenvalue weighted by atomic mass is 10.00. The van der Waals surface area contributed by atoms with Gasteiger partial charge in [-0.25, -0.2) is 9.97 Å². The highest BCUT2D eigenvalue weighted by Gasteiger charge is 2.12. The van der Waals surface area contributed by atoms with Gasteiger partial charge in [0.05, 0.1) is 0 Å². The van der Waals surface area contributed by atoms with Gasteiger partial charge in [-0.1, -0.05) is 0 Å². The molecule has 1 saturated heterocycles. The minimum Gasteiger partial charge on any atom is -0.354 e. The van der Waals surface area contributed by atoms with Crippen LogP contribution in [0.3, 0.4) is 0 Å². The summed E-state index contributed by atoms with van der Waals surface area (Å²) in [6.45, 7) is 3.25. The predicted octanol–water partition coefficient (Wildman–Crippen LogP) is 0.888. The van der Waals surface area contributed by atoms with Crippen molar-refractivity contribution in [2.24, 2.45) is 5.92 Å². The summed E-state index contributed by atoms with van der Waals surface area (Å²) in [5, 5.41) is 6.64. The summed E-state index contributed by atoms with van der Waals surface area (Å²) < 4.78 is 0. The van der Waals surface area contributed by atoms with Gasteiger partial charge in [-0.3, -0.25) is 0 Å². The lowest BCUT2D eigenvalue weighted by Crippen LogP contribution is -2.33. The number of rotatable bonds is 3. The van der Waals surface area contributed by atoms with E-state index in [2.05, 4.69) is 20.6 Å². The molecular weight excluding hydrogens is 176 g/mol. The van der Waals surface area contributed by atoms with E-state index in [0.29, 0.717) is 5.92 Å². The standard InChI is InChI=1S/C10H16N4/c1-3-9(7-11-4-1)8-14-10-12-5-2-6-13-10/h2,5-6,9,11H,1,3-4,7-8H2,(H,12,13,14). The van der Waals surface area contributed by atoms with Crippen LogP contribution in [0.4, 0.5) is 5.95 Å². The highest BCUT2D eigenvalue weighted by atomic mass is 15.1. The molecule has 2 heterocycles. The molecule has 0 bridgehead atoms. The molecule has 1 aliphatic heterocycles. The van der Waals surface area contributed by atoms with E-state index in [0.717, 1.165) is 19.0 Å². The van der Waals surface area contributed by atoms with Gasteiger partial charge in [-0.15, -0.1) is 0 Å². The third-order valence-electron chi connectivity index (χ3n) is 2.51. The van der Waals surface area contributed by atoms with Crippen molar-refractivity contribution in [2.75, 3.05) is 25.0 Å². The summed E-state index contributed by atoms with van der Waals surface area (Å²) in [7, 11) is 0. The topological polar surface area (TPSA) is 49.8 Å². The molecule has 4 heteroatoms. The molecule has 1 fully saturated rings. The van der Waals surface area contributed by atoms with Crippen molar-refractivity contribution in [3.8, 4) is 0 Å². The average Bonchev–Trinajstić information content (AvgIpc) is 2.29. The van der Waals surface area contributed by atoms with Crippen molar-refractivity contribution >= 4 is 5.95 Å². The van der Waals surface area contributed by atoms with Gasteiger partial charge < -0.3 is 10.6 Å². The van der Waals surface area contributed by atoms with Gasteiger partial charge in [0.15, 0.2) is 0 Å². The molecule has 0 saturated carbocycles. The van der Waals surface area contributed by atoms with E-state index in [1.807, 2.05) is 6.07 Å². The van der Waals surface area contributed by atoms with E-state index in [1.165, 1.54) is 19.4 Å². The molecule has 2 rings (SSSR count). The fourth-order valence-electron chi connectivity index (χ4n) is 1.72. The molecule has 0 amide bonds. The zero-order chi connectivity index (χ0) is 9.64. The smallest absolute Gasteiger partial charge is 0.222 e. The van der Waals surface area contributed by atoms with Crippen molar-refractivity contribution in [3.63, 3.8) is 0 Å². The largest absolute Gasteiger partial charge is 0.354 e. The molecule has 2 N–H and O–H groups in total. The summed E-state index contributed by atoms with van der Waals surface area (Å²) >= 11 is 0. The summed E-state index contributed by atoms with van der Waals surface area (Å²) in [5.74, 6) is 1.45. The molecule has 0 aromatic carbocycles. The molecular formula is C10H16N4. The van der Waals surface area contributed by atoms with Crippen LogP contribution in [-0.4, -0.2) is 29.6 Å². The number of piperidine rings is 1. The summed E-state index contributed by atoms with van der Waals surface area (Å²) in [4.78, 5) is 8.24.